The molecule has 0 radical (unpaired) electrons. The van der Waals surface area contributed by atoms with Crippen molar-refractivity contribution in [2.24, 2.45) is 0 Å². The third-order valence-corrected chi connectivity index (χ3v) is 4.18. The number of halogens is 3. The third-order valence-electron chi connectivity index (χ3n) is 3.29. The first-order chi connectivity index (χ1) is 11.4. The van der Waals surface area contributed by atoms with Crippen LogP contribution in [-0.4, -0.2) is 16.9 Å². The molecule has 2 amide bonds. The van der Waals surface area contributed by atoms with E-state index in [1.807, 2.05) is 0 Å². The Balaban J connectivity index is 1.95. The van der Waals surface area contributed by atoms with Gasteiger partial charge in [-0.1, -0.05) is 40.9 Å². The summed E-state index contributed by atoms with van der Waals surface area (Å²) in [6, 6.07) is 10.5. The van der Waals surface area contributed by atoms with Crippen molar-refractivity contribution >= 4 is 58.0 Å². The van der Waals surface area contributed by atoms with E-state index in [1.54, 1.807) is 12.1 Å². The first kappa shape index (κ1) is 16.6. The predicted molar refractivity (Wildman–Crippen MR) is 93.6 cm³/mol. The molecule has 0 saturated heterocycles. The van der Waals surface area contributed by atoms with Crippen LogP contribution in [0.5, 0.6) is 5.75 Å². The van der Waals surface area contributed by atoms with Gasteiger partial charge in [0.05, 0.1) is 10.7 Å². The summed E-state index contributed by atoms with van der Waals surface area (Å²) in [6.45, 7) is 0. The molecule has 122 valence electrons. The van der Waals surface area contributed by atoms with Gasteiger partial charge >= 0.3 is 0 Å². The number of amides is 2. The molecule has 0 aromatic heterocycles. The second-order valence-corrected chi connectivity index (χ2v) is 6.13. The van der Waals surface area contributed by atoms with E-state index in [9.17, 15) is 14.7 Å². The van der Waals surface area contributed by atoms with Crippen LogP contribution < -0.4 is 10.2 Å². The van der Waals surface area contributed by atoms with E-state index in [-0.39, 0.29) is 27.2 Å². The summed E-state index contributed by atoms with van der Waals surface area (Å²) in [6.07, 6.45) is 0. The van der Waals surface area contributed by atoms with Gasteiger partial charge in [0.15, 0.2) is 0 Å². The SMILES string of the molecule is O=C1C(Cl)=C(Nc2cccc(O)c2)C(=O)N1c1ccc(Cl)cc1Cl. The molecule has 1 heterocycles. The Hall–Kier alpha value is -2.21. The zero-order valence-electron chi connectivity index (χ0n) is 11.9. The van der Waals surface area contributed by atoms with Crippen molar-refractivity contribution in [1.29, 1.82) is 0 Å². The number of phenols is 1. The summed E-state index contributed by atoms with van der Waals surface area (Å²) >= 11 is 17.9. The highest BCUT2D eigenvalue weighted by molar-refractivity contribution is 6.53. The number of nitrogens with zero attached hydrogens (tertiary/aromatic N) is 1. The first-order valence-electron chi connectivity index (χ1n) is 6.68. The van der Waals surface area contributed by atoms with Gasteiger partial charge in [-0.05, 0) is 30.3 Å². The second kappa shape index (κ2) is 6.36. The summed E-state index contributed by atoms with van der Waals surface area (Å²) in [4.78, 5) is 25.8. The Bertz CT molecular complexity index is 896. The number of hydrogen-bond donors (Lipinski definition) is 2. The topological polar surface area (TPSA) is 69.6 Å². The molecule has 1 aliphatic heterocycles. The number of phenolic OH excluding ortho intramolecular Hbond substituents is 1. The molecule has 3 rings (SSSR count). The average molecular weight is 384 g/mol. The lowest BCUT2D eigenvalue weighted by molar-refractivity contribution is -0.120. The van der Waals surface area contributed by atoms with Gasteiger partial charge in [0.1, 0.15) is 16.5 Å². The Kier molecular flexibility index (Phi) is 4.41. The van der Waals surface area contributed by atoms with E-state index in [0.29, 0.717) is 10.7 Å². The van der Waals surface area contributed by atoms with Crippen molar-refractivity contribution in [1.82, 2.24) is 0 Å². The molecule has 0 saturated carbocycles. The van der Waals surface area contributed by atoms with Gasteiger partial charge in [0, 0.05) is 16.8 Å². The van der Waals surface area contributed by atoms with Crippen LogP contribution in [0.1, 0.15) is 0 Å². The maximum absolute atomic E-state index is 12.6. The fourth-order valence-electron chi connectivity index (χ4n) is 2.22. The summed E-state index contributed by atoms with van der Waals surface area (Å²) in [5, 5.41) is 12.5. The summed E-state index contributed by atoms with van der Waals surface area (Å²) < 4.78 is 0. The van der Waals surface area contributed by atoms with Crippen LogP contribution in [0.25, 0.3) is 0 Å². The third kappa shape index (κ3) is 2.94. The maximum Gasteiger partial charge on any atom is 0.283 e. The molecule has 2 aromatic rings. The lowest BCUT2D eigenvalue weighted by Gasteiger charge is -2.16. The fourth-order valence-corrected chi connectivity index (χ4v) is 2.93. The van der Waals surface area contributed by atoms with Gasteiger partial charge in [0.25, 0.3) is 11.8 Å². The Morgan fingerprint density at radius 1 is 0.958 bits per heavy atom. The Morgan fingerprint density at radius 2 is 1.71 bits per heavy atom. The number of anilines is 2. The van der Waals surface area contributed by atoms with Gasteiger partial charge in [-0.15, -0.1) is 0 Å². The highest BCUT2D eigenvalue weighted by atomic mass is 35.5. The monoisotopic (exact) mass is 382 g/mol. The lowest BCUT2D eigenvalue weighted by atomic mass is 10.2. The Labute approximate surface area is 152 Å². The van der Waals surface area contributed by atoms with E-state index in [0.717, 1.165) is 4.90 Å². The average Bonchev–Trinajstić information content (AvgIpc) is 2.72. The number of nitrogens with one attached hydrogen (secondary N) is 1. The number of benzene rings is 2. The Morgan fingerprint density at radius 3 is 2.38 bits per heavy atom. The zero-order chi connectivity index (χ0) is 17.4. The maximum atomic E-state index is 12.6. The van der Waals surface area contributed by atoms with Gasteiger partial charge in [-0.3, -0.25) is 9.59 Å². The molecule has 0 spiro atoms. The molecule has 0 atom stereocenters. The number of rotatable bonds is 3. The molecule has 24 heavy (non-hydrogen) atoms. The smallest absolute Gasteiger partial charge is 0.283 e. The van der Waals surface area contributed by atoms with Crippen LogP contribution in [0.15, 0.2) is 53.2 Å². The standard InChI is InChI=1S/C16H9Cl3N2O3/c17-8-4-5-12(11(18)6-8)21-15(23)13(19)14(16(21)24)20-9-2-1-3-10(22)7-9/h1-7,20,22H. The predicted octanol–water partition coefficient (Wildman–Crippen LogP) is 4.13. The molecule has 2 aromatic carbocycles. The highest BCUT2D eigenvalue weighted by Gasteiger charge is 2.39. The molecule has 5 nitrogen and oxygen atoms in total. The van der Waals surface area contributed by atoms with E-state index >= 15 is 0 Å². The number of aromatic hydroxyl groups is 1. The summed E-state index contributed by atoms with van der Waals surface area (Å²) in [5.74, 6) is -1.35. The van der Waals surface area contributed by atoms with Crippen molar-refractivity contribution in [3.05, 3.63) is 63.2 Å². The number of carbonyl (C=O) groups is 2. The minimum Gasteiger partial charge on any atom is -0.508 e. The molecule has 0 aliphatic carbocycles. The van der Waals surface area contributed by atoms with Gasteiger partial charge in [-0.2, -0.15) is 0 Å². The van der Waals surface area contributed by atoms with Crippen molar-refractivity contribution in [2.75, 3.05) is 10.2 Å². The highest BCUT2D eigenvalue weighted by Crippen LogP contribution is 2.35. The molecule has 8 heteroatoms. The largest absolute Gasteiger partial charge is 0.508 e. The van der Waals surface area contributed by atoms with E-state index < -0.39 is 11.8 Å². The molecule has 0 bridgehead atoms. The number of imide groups is 1. The minimum atomic E-state index is -0.700. The van der Waals surface area contributed by atoms with Crippen molar-refractivity contribution in [3.63, 3.8) is 0 Å². The van der Waals surface area contributed by atoms with E-state index in [1.165, 1.54) is 30.3 Å². The van der Waals surface area contributed by atoms with Crippen LogP contribution >= 0.6 is 34.8 Å². The second-order valence-electron chi connectivity index (χ2n) is 4.91. The van der Waals surface area contributed by atoms with Crippen molar-refractivity contribution in [3.8, 4) is 5.75 Å². The number of hydrogen-bond acceptors (Lipinski definition) is 4. The fraction of sp³-hybridized carbons (Fsp3) is 0. The minimum absolute atomic E-state index is 0.00565. The van der Waals surface area contributed by atoms with Crippen LogP contribution in [0, 0.1) is 0 Å². The summed E-state index contributed by atoms with van der Waals surface area (Å²) in [5.41, 5.74) is 0.494. The first-order valence-corrected chi connectivity index (χ1v) is 7.81. The quantitative estimate of drug-likeness (QED) is 0.782. The van der Waals surface area contributed by atoms with E-state index in [2.05, 4.69) is 5.32 Å². The molecule has 2 N–H and O–H groups in total. The lowest BCUT2D eigenvalue weighted by Crippen LogP contribution is -2.32. The molecule has 0 unspecified atom stereocenters. The van der Waals surface area contributed by atoms with Gasteiger partial charge < -0.3 is 10.4 Å². The van der Waals surface area contributed by atoms with Crippen LogP contribution in [0.3, 0.4) is 0 Å². The van der Waals surface area contributed by atoms with Crippen LogP contribution in [0.4, 0.5) is 11.4 Å². The van der Waals surface area contributed by atoms with Crippen LogP contribution in [0.2, 0.25) is 10.0 Å². The van der Waals surface area contributed by atoms with Crippen molar-refractivity contribution < 1.29 is 14.7 Å². The normalized spacial score (nSPS) is 14.5. The molecule has 0 fully saturated rings. The molecule has 1 aliphatic rings. The molecular formula is C16H9Cl3N2O3. The van der Waals surface area contributed by atoms with Crippen molar-refractivity contribution in [2.45, 2.75) is 0 Å². The summed E-state index contributed by atoms with van der Waals surface area (Å²) in [7, 11) is 0. The molecular weight excluding hydrogens is 375 g/mol. The van der Waals surface area contributed by atoms with Gasteiger partial charge in [0.2, 0.25) is 0 Å². The zero-order valence-corrected chi connectivity index (χ0v) is 14.2. The number of carbonyl (C=O) groups excluding carboxylic acids is 2. The van der Waals surface area contributed by atoms with E-state index in [4.69, 9.17) is 34.8 Å². The van der Waals surface area contributed by atoms with Crippen LogP contribution in [-0.2, 0) is 9.59 Å². The van der Waals surface area contributed by atoms with Gasteiger partial charge in [-0.25, -0.2) is 4.90 Å².